The van der Waals surface area contributed by atoms with E-state index in [0.717, 1.165) is 0 Å². The van der Waals surface area contributed by atoms with Crippen molar-refractivity contribution in [2.45, 2.75) is 25.4 Å². The van der Waals surface area contributed by atoms with Gasteiger partial charge in [0.15, 0.2) is 0 Å². The maximum atomic E-state index is 14.2. The number of carbonyl (C=O) groups is 1. The monoisotopic (exact) mass is 399 g/mol. The molecule has 1 atom stereocenters. The molecule has 2 heterocycles. The minimum atomic E-state index is -1.13. The van der Waals surface area contributed by atoms with Gasteiger partial charge < -0.3 is 24.9 Å². The molecule has 0 amide bonds. The van der Waals surface area contributed by atoms with Gasteiger partial charge in [0.05, 0.1) is 29.1 Å². The number of nitrogens with one attached hydrogen (secondary N) is 2. The molecule has 0 fully saturated rings. The smallest absolute Gasteiger partial charge is 0.306 e. The summed E-state index contributed by atoms with van der Waals surface area (Å²) in [7, 11) is 0. The Labute approximate surface area is 163 Å². The van der Waals surface area contributed by atoms with Crippen molar-refractivity contribution in [1.29, 1.82) is 0 Å². The zero-order valence-corrected chi connectivity index (χ0v) is 15.2. The first-order chi connectivity index (χ1) is 13.9. The molecule has 4 N–H and O–H groups in total. The van der Waals surface area contributed by atoms with E-state index in [2.05, 4.69) is 15.0 Å². The van der Waals surface area contributed by atoms with E-state index in [9.17, 15) is 19.1 Å². The highest BCUT2D eigenvalue weighted by molar-refractivity contribution is 5.80. The predicted octanol–water partition coefficient (Wildman–Crippen LogP) is 0.785. The number of carboxylic acid groups (broad SMARTS) is 1. The van der Waals surface area contributed by atoms with Crippen LogP contribution in [0.15, 0.2) is 29.1 Å². The van der Waals surface area contributed by atoms with Gasteiger partial charge in [-0.25, -0.2) is 9.37 Å². The molecular weight excluding hydrogens is 381 g/mol. The number of aliphatic hydroxyl groups excluding tert-OH is 1. The Morgan fingerprint density at radius 2 is 2.14 bits per heavy atom. The largest absolute Gasteiger partial charge is 0.491 e. The van der Waals surface area contributed by atoms with Crippen LogP contribution in [0.2, 0.25) is 0 Å². The van der Waals surface area contributed by atoms with Crippen LogP contribution in [-0.2, 0) is 4.79 Å². The minimum Gasteiger partial charge on any atom is -0.491 e. The van der Waals surface area contributed by atoms with Crippen LogP contribution in [-0.4, -0.2) is 43.8 Å². The van der Waals surface area contributed by atoms with Gasteiger partial charge in [-0.3, -0.25) is 9.59 Å². The molecule has 4 rings (SSSR count). The molecule has 0 aliphatic heterocycles. The molecule has 2 aromatic heterocycles. The summed E-state index contributed by atoms with van der Waals surface area (Å²) in [5.41, 5.74) is 1.01. The highest BCUT2D eigenvalue weighted by atomic mass is 19.1. The van der Waals surface area contributed by atoms with Gasteiger partial charge in [-0.15, -0.1) is 0 Å². The maximum Gasteiger partial charge on any atom is 0.306 e. The van der Waals surface area contributed by atoms with E-state index in [1.54, 1.807) is 24.3 Å². The van der Waals surface area contributed by atoms with Crippen molar-refractivity contribution in [2.24, 2.45) is 0 Å². The van der Waals surface area contributed by atoms with Crippen molar-refractivity contribution in [2.75, 3.05) is 6.61 Å². The van der Waals surface area contributed by atoms with Crippen LogP contribution in [0.1, 0.15) is 19.3 Å². The fraction of sp³-hybridized carbons (Fsp3) is 0.250. The molecule has 1 unspecified atom stereocenters. The third-order valence-corrected chi connectivity index (χ3v) is 4.64. The lowest BCUT2D eigenvalue weighted by Gasteiger charge is -2.10. The third kappa shape index (κ3) is 3.90. The molecule has 0 bridgehead atoms. The number of aliphatic carboxylic acids is 1. The Hall–Kier alpha value is -3.46. The number of imidazole rings is 1. The first-order valence-corrected chi connectivity index (χ1v) is 9.05. The summed E-state index contributed by atoms with van der Waals surface area (Å²) in [5, 5.41) is 19.1. The number of carboxylic acids is 1. The lowest BCUT2D eigenvalue weighted by atomic mass is 10.1. The number of aromatic amines is 2. The summed E-state index contributed by atoms with van der Waals surface area (Å²) in [6, 6.07) is 6.42. The standard InChI is InChI=1S/C20H18FN3O5/c21-14-2-1-3-15-12(14)8-13(20(28)24-15)19-22-16-5-4-11(7-17(16)23-19)29-9-10(25)6-18(26)27/h3-5,7-8,10,25H,1-2,6,9H2,(H,22,23)(H,24,28)(H,26,27). The average molecular weight is 399 g/mol. The maximum absolute atomic E-state index is 14.2. The van der Waals surface area contributed by atoms with Crippen LogP contribution in [0.5, 0.6) is 5.75 Å². The quantitative estimate of drug-likeness (QED) is 0.485. The van der Waals surface area contributed by atoms with E-state index in [1.165, 1.54) is 6.07 Å². The number of hydrogen-bond donors (Lipinski definition) is 4. The van der Waals surface area contributed by atoms with E-state index in [1.807, 2.05) is 0 Å². The molecule has 0 saturated heterocycles. The molecule has 3 aromatic rings. The molecule has 1 aliphatic rings. The van der Waals surface area contributed by atoms with Crippen LogP contribution in [0.3, 0.4) is 0 Å². The highest BCUT2D eigenvalue weighted by Gasteiger charge is 2.14. The summed E-state index contributed by atoms with van der Waals surface area (Å²) < 4.78 is 19.6. The van der Waals surface area contributed by atoms with Crippen molar-refractivity contribution in [3.8, 4) is 17.1 Å². The number of aromatic nitrogens is 3. The van der Waals surface area contributed by atoms with Gasteiger partial charge in [-0.05, 0) is 24.6 Å². The van der Waals surface area contributed by atoms with E-state index >= 15 is 0 Å². The first-order valence-electron chi connectivity index (χ1n) is 9.05. The van der Waals surface area contributed by atoms with Crippen LogP contribution < -0.4 is 20.9 Å². The molecule has 0 spiro atoms. The lowest BCUT2D eigenvalue weighted by molar-refractivity contribution is -0.139. The van der Waals surface area contributed by atoms with Gasteiger partial charge in [0.1, 0.15) is 24.0 Å². The Bertz CT molecular complexity index is 1280. The third-order valence-electron chi connectivity index (χ3n) is 4.64. The van der Waals surface area contributed by atoms with Crippen LogP contribution >= 0.6 is 0 Å². The zero-order chi connectivity index (χ0) is 20.5. The van der Waals surface area contributed by atoms with E-state index in [4.69, 9.17) is 9.84 Å². The Kier molecular flexibility index (Phi) is 4.89. The number of rotatable bonds is 6. The number of halogens is 1. The van der Waals surface area contributed by atoms with Gasteiger partial charge in [-0.1, -0.05) is 6.08 Å². The molecule has 9 heteroatoms. The van der Waals surface area contributed by atoms with Gasteiger partial charge in [0.25, 0.3) is 5.56 Å². The van der Waals surface area contributed by atoms with Crippen LogP contribution in [0.25, 0.3) is 34.3 Å². The molecule has 1 aromatic carbocycles. The Morgan fingerprint density at radius 1 is 1.31 bits per heavy atom. The van der Waals surface area contributed by atoms with Gasteiger partial charge in [0, 0.05) is 23.1 Å². The number of hydrogen-bond acceptors (Lipinski definition) is 5. The Morgan fingerprint density at radius 3 is 2.93 bits per heavy atom. The van der Waals surface area contributed by atoms with Crippen molar-refractivity contribution >= 4 is 28.9 Å². The summed E-state index contributed by atoms with van der Waals surface area (Å²) in [6.07, 6.45) is 1.10. The first kappa shape index (κ1) is 18.9. The van der Waals surface area contributed by atoms with Crippen molar-refractivity contribution < 1.29 is 24.1 Å². The number of nitrogens with zero attached hydrogens (tertiary/aromatic N) is 1. The highest BCUT2D eigenvalue weighted by Crippen LogP contribution is 2.22. The normalized spacial score (nSPS) is 14.3. The molecule has 0 saturated carbocycles. The molecular formula is C20H18FN3O5. The van der Waals surface area contributed by atoms with Crippen molar-refractivity contribution in [3.05, 3.63) is 45.2 Å². The molecule has 1 aliphatic carbocycles. The zero-order valence-electron chi connectivity index (χ0n) is 15.2. The SMILES string of the molecule is O=C(O)CC(O)COc1ccc2nc(-c3cc4c([nH]c3=O)=CCCC=4F)[nH]c2c1. The van der Waals surface area contributed by atoms with E-state index < -0.39 is 18.5 Å². The fourth-order valence-corrected chi connectivity index (χ4v) is 3.24. The number of pyridine rings is 1. The van der Waals surface area contributed by atoms with Crippen LogP contribution in [0.4, 0.5) is 4.39 Å². The average Bonchev–Trinajstić information content (AvgIpc) is 3.08. The predicted molar refractivity (Wildman–Crippen MR) is 103 cm³/mol. The number of H-pyrrole nitrogens is 2. The summed E-state index contributed by atoms with van der Waals surface area (Å²) in [4.78, 5) is 33.1. The van der Waals surface area contributed by atoms with E-state index in [-0.39, 0.29) is 23.6 Å². The molecule has 150 valence electrons. The Balaban J connectivity index is 1.65. The number of fused-ring (bicyclic) bond motifs is 2. The van der Waals surface area contributed by atoms with Crippen molar-refractivity contribution in [3.63, 3.8) is 0 Å². The van der Waals surface area contributed by atoms with Crippen molar-refractivity contribution in [1.82, 2.24) is 15.0 Å². The number of ether oxygens (including phenoxy) is 1. The number of benzene rings is 1. The molecule has 8 nitrogen and oxygen atoms in total. The van der Waals surface area contributed by atoms with Gasteiger partial charge in [-0.2, -0.15) is 0 Å². The van der Waals surface area contributed by atoms with Crippen LogP contribution in [0, 0.1) is 0 Å². The molecule has 29 heavy (non-hydrogen) atoms. The van der Waals surface area contributed by atoms with Gasteiger partial charge in [0.2, 0.25) is 0 Å². The number of aliphatic hydroxyl groups is 1. The second kappa shape index (κ2) is 7.51. The lowest BCUT2D eigenvalue weighted by Crippen LogP contribution is -2.37. The van der Waals surface area contributed by atoms with Gasteiger partial charge >= 0.3 is 5.97 Å². The second-order valence-corrected chi connectivity index (χ2v) is 6.81. The minimum absolute atomic E-state index is 0.172. The molecule has 0 radical (unpaired) electrons. The second-order valence-electron chi connectivity index (χ2n) is 6.81. The summed E-state index contributed by atoms with van der Waals surface area (Å²) >= 11 is 0. The topological polar surface area (TPSA) is 128 Å². The van der Waals surface area contributed by atoms with E-state index in [0.29, 0.717) is 46.0 Å². The summed E-state index contributed by atoms with van der Waals surface area (Å²) in [6.45, 7) is -0.172. The summed E-state index contributed by atoms with van der Waals surface area (Å²) in [5.74, 6) is -0.681. The fourth-order valence-electron chi connectivity index (χ4n) is 3.24.